The smallest absolute Gasteiger partial charge is 0.265 e. The third-order valence-corrected chi connectivity index (χ3v) is 3.79. The SMILES string of the molecule is COCc1nc(-c2cc(C)c(O)c(C)c2)[nH]c(=O)c1Br. The standard InChI is InChI=1S/C14H15BrN2O3/c1-7-4-9(5-8(2)12(7)18)13-16-10(6-20-3)11(15)14(19)17-13/h4-5,18H,6H2,1-3H3,(H,16,17,19). The van der Waals surface area contributed by atoms with E-state index in [2.05, 4.69) is 25.9 Å². The molecule has 1 heterocycles. The Morgan fingerprint density at radius 3 is 2.50 bits per heavy atom. The molecule has 1 aromatic heterocycles. The molecule has 0 aliphatic heterocycles. The molecule has 0 aliphatic carbocycles. The summed E-state index contributed by atoms with van der Waals surface area (Å²) in [6.45, 7) is 3.85. The second-order valence-electron chi connectivity index (χ2n) is 4.57. The minimum atomic E-state index is -0.259. The van der Waals surface area contributed by atoms with E-state index < -0.39 is 0 Å². The van der Waals surface area contributed by atoms with E-state index in [4.69, 9.17) is 4.74 Å². The van der Waals surface area contributed by atoms with E-state index in [0.717, 1.165) is 16.7 Å². The van der Waals surface area contributed by atoms with E-state index in [-0.39, 0.29) is 17.9 Å². The van der Waals surface area contributed by atoms with Crippen molar-refractivity contribution in [2.75, 3.05) is 7.11 Å². The highest BCUT2D eigenvalue weighted by Crippen LogP contribution is 2.27. The Balaban J connectivity index is 2.61. The Kier molecular flexibility index (Phi) is 4.25. The lowest BCUT2D eigenvalue weighted by atomic mass is 10.1. The van der Waals surface area contributed by atoms with E-state index in [1.54, 1.807) is 33.1 Å². The van der Waals surface area contributed by atoms with Gasteiger partial charge < -0.3 is 14.8 Å². The van der Waals surface area contributed by atoms with Crippen LogP contribution in [0.3, 0.4) is 0 Å². The maximum absolute atomic E-state index is 11.9. The van der Waals surface area contributed by atoms with Crippen LogP contribution < -0.4 is 5.56 Å². The molecule has 0 unspecified atom stereocenters. The topological polar surface area (TPSA) is 75.2 Å². The molecule has 0 spiro atoms. The molecule has 0 fully saturated rings. The van der Waals surface area contributed by atoms with E-state index >= 15 is 0 Å². The molecule has 106 valence electrons. The number of aromatic amines is 1. The van der Waals surface area contributed by atoms with Crippen molar-refractivity contribution in [2.24, 2.45) is 0 Å². The molecule has 1 aromatic carbocycles. The molecule has 2 aromatic rings. The lowest BCUT2D eigenvalue weighted by Gasteiger charge is -2.09. The van der Waals surface area contributed by atoms with Crippen LogP contribution in [0.5, 0.6) is 5.75 Å². The van der Waals surface area contributed by atoms with Gasteiger partial charge >= 0.3 is 0 Å². The van der Waals surface area contributed by atoms with Gasteiger partial charge in [0.05, 0.1) is 12.3 Å². The van der Waals surface area contributed by atoms with Crippen molar-refractivity contribution in [3.8, 4) is 17.1 Å². The van der Waals surface area contributed by atoms with Crippen LogP contribution in [0.25, 0.3) is 11.4 Å². The molecule has 0 saturated heterocycles. The first-order chi connectivity index (χ1) is 9.43. The number of ether oxygens (including phenoxy) is 1. The second-order valence-corrected chi connectivity index (χ2v) is 5.36. The van der Waals surface area contributed by atoms with Crippen LogP contribution in [-0.2, 0) is 11.3 Å². The zero-order valence-electron chi connectivity index (χ0n) is 11.5. The van der Waals surface area contributed by atoms with Gasteiger partial charge in [0, 0.05) is 12.7 Å². The number of aryl methyl sites for hydroxylation is 2. The number of nitrogens with one attached hydrogen (secondary N) is 1. The molecular formula is C14H15BrN2O3. The third kappa shape index (κ3) is 2.76. The first-order valence-corrected chi connectivity index (χ1v) is 6.81. The number of methoxy groups -OCH3 is 1. The number of phenols is 1. The summed E-state index contributed by atoms with van der Waals surface area (Å²) >= 11 is 3.20. The highest BCUT2D eigenvalue weighted by molar-refractivity contribution is 9.10. The average Bonchev–Trinajstić information content (AvgIpc) is 2.40. The number of rotatable bonds is 3. The maximum Gasteiger partial charge on any atom is 0.265 e. The molecule has 0 atom stereocenters. The Hall–Kier alpha value is -1.66. The highest BCUT2D eigenvalue weighted by atomic mass is 79.9. The fraction of sp³-hybridized carbons (Fsp3) is 0.286. The second kappa shape index (κ2) is 5.76. The van der Waals surface area contributed by atoms with Crippen molar-refractivity contribution < 1.29 is 9.84 Å². The minimum Gasteiger partial charge on any atom is -0.507 e. The number of aromatic nitrogens is 2. The van der Waals surface area contributed by atoms with Crippen LogP contribution in [0, 0.1) is 13.8 Å². The number of aromatic hydroxyl groups is 1. The summed E-state index contributed by atoms with van der Waals surface area (Å²) in [7, 11) is 1.55. The maximum atomic E-state index is 11.9. The van der Waals surface area contributed by atoms with Crippen LogP contribution in [0.4, 0.5) is 0 Å². The van der Waals surface area contributed by atoms with Gasteiger partial charge in [-0.25, -0.2) is 4.98 Å². The zero-order valence-corrected chi connectivity index (χ0v) is 13.0. The minimum absolute atomic E-state index is 0.244. The Morgan fingerprint density at radius 2 is 1.95 bits per heavy atom. The van der Waals surface area contributed by atoms with E-state index in [0.29, 0.717) is 16.0 Å². The van der Waals surface area contributed by atoms with Gasteiger partial charge in [-0.3, -0.25) is 4.79 Å². The summed E-state index contributed by atoms with van der Waals surface area (Å²) in [4.78, 5) is 19.0. The predicted octanol–water partition coefficient (Wildman–Crippen LogP) is 2.67. The van der Waals surface area contributed by atoms with Gasteiger partial charge in [-0.15, -0.1) is 0 Å². The predicted molar refractivity (Wildman–Crippen MR) is 79.8 cm³/mol. The third-order valence-electron chi connectivity index (χ3n) is 2.98. The largest absolute Gasteiger partial charge is 0.507 e. The van der Waals surface area contributed by atoms with Gasteiger partial charge in [-0.05, 0) is 53.0 Å². The molecule has 2 rings (SSSR count). The molecule has 2 N–H and O–H groups in total. The molecule has 6 heteroatoms. The summed E-state index contributed by atoms with van der Waals surface area (Å²) in [5.74, 6) is 0.710. The van der Waals surface area contributed by atoms with Gasteiger partial charge in [0.1, 0.15) is 16.0 Å². The number of halogens is 1. The Labute approximate surface area is 124 Å². The fourth-order valence-electron chi connectivity index (χ4n) is 1.97. The lowest BCUT2D eigenvalue weighted by molar-refractivity contribution is 0.180. The normalized spacial score (nSPS) is 10.8. The fourth-order valence-corrected chi connectivity index (χ4v) is 2.27. The number of nitrogens with zero attached hydrogens (tertiary/aromatic N) is 1. The molecular weight excluding hydrogens is 324 g/mol. The van der Waals surface area contributed by atoms with E-state index in [1.807, 2.05) is 0 Å². The van der Waals surface area contributed by atoms with Crippen molar-refractivity contribution in [1.82, 2.24) is 9.97 Å². The Bertz CT molecular complexity index is 687. The first-order valence-electron chi connectivity index (χ1n) is 6.02. The van der Waals surface area contributed by atoms with Gasteiger partial charge in [0.15, 0.2) is 0 Å². The van der Waals surface area contributed by atoms with Crippen LogP contribution in [-0.4, -0.2) is 22.2 Å². The molecule has 0 radical (unpaired) electrons. The first kappa shape index (κ1) is 14.7. The number of H-pyrrole nitrogens is 1. The van der Waals surface area contributed by atoms with Gasteiger partial charge in [-0.1, -0.05) is 0 Å². The van der Waals surface area contributed by atoms with Crippen LogP contribution in [0.1, 0.15) is 16.8 Å². The number of benzene rings is 1. The molecule has 0 amide bonds. The summed E-state index contributed by atoms with van der Waals surface area (Å²) in [5, 5.41) is 9.80. The van der Waals surface area contributed by atoms with Crippen LogP contribution in [0.15, 0.2) is 21.4 Å². The Morgan fingerprint density at radius 1 is 1.35 bits per heavy atom. The van der Waals surface area contributed by atoms with Gasteiger partial charge in [0.25, 0.3) is 5.56 Å². The molecule has 0 bridgehead atoms. The van der Waals surface area contributed by atoms with Crippen molar-refractivity contribution in [2.45, 2.75) is 20.5 Å². The van der Waals surface area contributed by atoms with E-state index in [1.165, 1.54) is 0 Å². The number of hydrogen-bond acceptors (Lipinski definition) is 4. The van der Waals surface area contributed by atoms with Gasteiger partial charge in [0.2, 0.25) is 0 Å². The molecule has 0 aliphatic rings. The average molecular weight is 339 g/mol. The van der Waals surface area contributed by atoms with E-state index in [9.17, 15) is 9.90 Å². The monoisotopic (exact) mass is 338 g/mol. The molecule has 20 heavy (non-hydrogen) atoms. The number of phenolic OH excluding ortho intramolecular Hbond substituents is 1. The summed E-state index contributed by atoms with van der Waals surface area (Å²) in [6, 6.07) is 3.57. The van der Waals surface area contributed by atoms with Crippen molar-refractivity contribution in [3.05, 3.63) is 43.8 Å². The molecule has 5 nitrogen and oxygen atoms in total. The zero-order chi connectivity index (χ0) is 14.9. The van der Waals surface area contributed by atoms with Crippen LogP contribution >= 0.6 is 15.9 Å². The van der Waals surface area contributed by atoms with Crippen molar-refractivity contribution in [1.29, 1.82) is 0 Å². The summed E-state index contributed by atoms with van der Waals surface area (Å²) < 4.78 is 5.41. The summed E-state index contributed by atoms with van der Waals surface area (Å²) in [5.41, 5.74) is 2.50. The van der Waals surface area contributed by atoms with Crippen LogP contribution in [0.2, 0.25) is 0 Å². The summed E-state index contributed by atoms with van der Waals surface area (Å²) in [6.07, 6.45) is 0. The highest BCUT2D eigenvalue weighted by Gasteiger charge is 2.12. The lowest BCUT2D eigenvalue weighted by Crippen LogP contribution is -2.14. The van der Waals surface area contributed by atoms with Crippen molar-refractivity contribution in [3.63, 3.8) is 0 Å². The molecule has 0 saturated carbocycles. The van der Waals surface area contributed by atoms with Gasteiger partial charge in [-0.2, -0.15) is 0 Å². The van der Waals surface area contributed by atoms with Crippen molar-refractivity contribution >= 4 is 15.9 Å². The quantitative estimate of drug-likeness (QED) is 0.902. The number of hydrogen-bond donors (Lipinski definition) is 2.